The van der Waals surface area contributed by atoms with Crippen LogP contribution < -0.4 is 5.32 Å². The number of imidazole rings is 1. The summed E-state index contributed by atoms with van der Waals surface area (Å²) in [6.45, 7) is 2.64. The monoisotopic (exact) mass is 197 g/mol. The van der Waals surface area contributed by atoms with Crippen LogP contribution in [0, 0.1) is 11.7 Å². The van der Waals surface area contributed by atoms with Gasteiger partial charge in [-0.3, -0.25) is 4.79 Å². The number of nitrogens with zero attached hydrogens (tertiary/aromatic N) is 1. The van der Waals surface area contributed by atoms with Gasteiger partial charge in [-0.15, -0.1) is 0 Å². The Hall–Kier alpha value is -1.10. The van der Waals surface area contributed by atoms with E-state index in [0.29, 0.717) is 17.7 Å². The maximum Gasteiger partial charge on any atom is 0.222 e. The molecule has 13 heavy (non-hydrogen) atoms. The first-order valence-electron chi connectivity index (χ1n) is 4.21. The third-order valence-electron chi connectivity index (χ3n) is 2.22. The van der Waals surface area contributed by atoms with Crippen molar-refractivity contribution in [2.45, 2.75) is 19.4 Å². The molecule has 2 N–H and O–H groups in total. The Morgan fingerprint density at radius 2 is 2.46 bits per heavy atom. The number of carbonyl (C=O) groups excluding carboxylic acids is 1. The van der Waals surface area contributed by atoms with Crippen molar-refractivity contribution in [1.82, 2.24) is 14.9 Å². The van der Waals surface area contributed by atoms with Crippen molar-refractivity contribution >= 4 is 18.1 Å². The highest BCUT2D eigenvalue weighted by atomic mass is 32.1. The van der Waals surface area contributed by atoms with Crippen LogP contribution in [0.15, 0.2) is 6.20 Å². The van der Waals surface area contributed by atoms with Gasteiger partial charge in [0.25, 0.3) is 0 Å². The summed E-state index contributed by atoms with van der Waals surface area (Å²) in [5, 5.41) is 2.78. The molecule has 4 nitrogen and oxygen atoms in total. The Balaban J connectivity index is 2.30. The van der Waals surface area contributed by atoms with Gasteiger partial charge in [0.15, 0.2) is 4.77 Å². The number of carbonyl (C=O) groups is 1. The Bertz CT molecular complexity index is 392. The Morgan fingerprint density at radius 3 is 2.92 bits per heavy atom. The van der Waals surface area contributed by atoms with Crippen LogP contribution in [0.5, 0.6) is 0 Å². The summed E-state index contributed by atoms with van der Waals surface area (Å²) in [5.74, 6) is 0.103. The topological polar surface area (TPSA) is 49.8 Å². The van der Waals surface area contributed by atoms with E-state index in [1.54, 1.807) is 0 Å². The highest BCUT2D eigenvalue weighted by Gasteiger charge is 2.23. The van der Waals surface area contributed by atoms with E-state index < -0.39 is 0 Å². The van der Waals surface area contributed by atoms with Crippen LogP contribution >= 0.6 is 12.2 Å². The average molecular weight is 197 g/mol. The SMILES string of the molecule is Cc1cn(C2CNC(=O)C2)c(=S)[nH]1. The van der Waals surface area contributed by atoms with E-state index >= 15 is 0 Å². The second-order valence-electron chi connectivity index (χ2n) is 3.31. The third kappa shape index (κ3) is 1.51. The molecular formula is C8H11N3OS. The first-order chi connectivity index (χ1) is 6.16. The molecule has 0 radical (unpaired) electrons. The molecule has 70 valence electrons. The molecule has 1 atom stereocenters. The fraction of sp³-hybridized carbons (Fsp3) is 0.500. The van der Waals surface area contributed by atoms with Gasteiger partial charge >= 0.3 is 0 Å². The van der Waals surface area contributed by atoms with Gasteiger partial charge in [0, 0.05) is 24.9 Å². The summed E-state index contributed by atoms with van der Waals surface area (Å²) < 4.78 is 2.64. The molecule has 1 fully saturated rings. The lowest BCUT2D eigenvalue weighted by Crippen LogP contribution is -2.15. The smallest absolute Gasteiger partial charge is 0.222 e. The minimum absolute atomic E-state index is 0.103. The third-order valence-corrected chi connectivity index (χ3v) is 2.53. The summed E-state index contributed by atoms with van der Waals surface area (Å²) in [7, 11) is 0. The zero-order chi connectivity index (χ0) is 9.42. The molecule has 0 aliphatic carbocycles. The summed E-state index contributed by atoms with van der Waals surface area (Å²) >= 11 is 5.12. The van der Waals surface area contributed by atoms with Crippen molar-refractivity contribution in [3.63, 3.8) is 0 Å². The minimum Gasteiger partial charge on any atom is -0.354 e. The number of rotatable bonds is 1. The zero-order valence-corrected chi connectivity index (χ0v) is 8.15. The first-order valence-corrected chi connectivity index (χ1v) is 4.62. The minimum atomic E-state index is 0.103. The van der Waals surface area contributed by atoms with Gasteiger partial charge in [-0.1, -0.05) is 0 Å². The number of H-pyrrole nitrogens is 1. The van der Waals surface area contributed by atoms with Crippen LogP contribution in [0.3, 0.4) is 0 Å². The molecule has 0 bridgehead atoms. The van der Waals surface area contributed by atoms with Crippen LogP contribution in [-0.4, -0.2) is 22.0 Å². The summed E-state index contributed by atoms with van der Waals surface area (Å²) in [6.07, 6.45) is 2.48. The lowest BCUT2D eigenvalue weighted by molar-refractivity contribution is -0.119. The van der Waals surface area contributed by atoms with Gasteiger partial charge < -0.3 is 14.9 Å². The zero-order valence-electron chi connectivity index (χ0n) is 7.33. The van der Waals surface area contributed by atoms with Gasteiger partial charge in [0.05, 0.1) is 6.04 Å². The maximum atomic E-state index is 11.0. The van der Waals surface area contributed by atoms with E-state index in [1.165, 1.54) is 0 Å². The molecule has 2 rings (SSSR count). The fourth-order valence-electron chi connectivity index (χ4n) is 1.59. The Morgan fingerprint density at radius 1 is 1.69 bits per heavy atom. The van der Waals surface area contributed by atoms with Crippen molar-refractivity contribution < 1.29 is 4.79 Å². The van der Waals surface area contributed by atoms with Crippen LogP contribution in [0.25, 0.3) is 0 Å². The predicted molar refractivity (Wildman–Crippen MR) is 51.0 cm³/mol. The van der Waals surface area contributed by atoms with E-state index in [0.717, 1.165) is 5.69 Å². The molecule has 1 unspecified atom stereocenters. The maximum absolute atomic E-state index is 11.0. The highest BCUT2D eigenvalue weighted by molar-refractivity contribution is 7.71. The van der Waals surface area contributed by atoms with E-state index in [9.17, 15) is 4.79 Å². The van der Waals surface area contributed by atoms with E-state index in [4.69, 9.17) is 12.2 Å². The molecule has 1 saturated heterocycles. The van der Waals surface area contributed by atoms with Crippen molar-refractivity contribution in [1.29, 1.82) is 0 Å². The molecule has 0 spiro atoms. The largest absolute Gasteiger partial charge is 0.354 e. The fourth-order valence-corrected chi connectivity index (χ4v) is 1.95. The number of aromatic nitrogens is 2. The number of hydrogen-bond donors (Lipinski definition) is 2. The van der Waals surface area contributed by atoms with Crippen molar-refractivity contribution in [3.8, 4) is 0 Å². The van der Waals surface area contributed by atoms with Gasteiger partial charge in [-0.2, -0.15) is 0 Å². The number of aryl methyl sites for hydroxylation is 1. The lowest BCUT2D eigenvalue weighted by atomic mass is 10.2. The summed E-state index contributed by atoms with van der Waals surface area (Å²) in [6, 6.07) is 0.185. The molecule has 0 aromatic carbocycles. The Labute approximate surface area is 81.0 Å². The van der Waals surface area contributed by atoms with Gasteiger partial charge in [-0.05, 0) is 19.1 Å². The standard InChI is InChI=1S/C8H11N3OS/c1-5-4-11(8(13)10-5)6-2-7(12)9-3-6/h4,6H,2-3H2,1H3,(H,9,12)(H,10,13). The van der Waals surface area contributed by atoms with E-state index in [-0.39, 0.29) is 11.9 Å². The van der Waals surface area contributed by atoms with Crippen LogP contribution in [0.4, 0.5) is 0 Å². The van der Waals surface area contributed by atoms with Crippen molar-refractivity contribution in [2.75, 3.05) is 6.54 Å². The molecule has 1 aromatic rings. The number of aromatic amines is 1. The molecule has 5 heteroatoms. The second-order valence-corrected chi connectivity index (χ2v) is 3.70. The molecule has 2 heterocycles. The number of amides is 1. The van der Waals surface area contributed by atoms with E-state index in [1.807, 2.05) is 17.7 Å². The molecule has 1 aliphatic heterocycles. The van der Waals surface area contributed by atoms with Crippen molar-refractivity contribution in [2.24, 2.45) is 0 Å². The summed E-state index contributed by atoms with van der Waals surface area (Å²) in [5.41, 5.74) is 1.03. The molecule has 1 aliphatic rings. The normalized spacial score (nSPS) is 21.9. The number of hydrogen-bond acceptors (Lipinski definition) is 2. The van der Waals surface area contributed by atoms with Gasteiger partial charge in [-0.25, -0.2) is 0 Å². The molecule has 1 amide bonds. The average Bonchev–Trinajstić information content (AvgIpc) is 2.58. The first kappa shape index (κ1) is 8.50. The van der Waals surface area contributed by atoms with Gasteiger partial charge in [0.1, 0.15) is 0 Å². The molecular weight excluding hydrogens is 186 g/mol. The van der Waals surface area contributed by atoms with Crippen LogP contribution in [-0.2, 0) is 4.79 Å². The lowest BCUT2D eigenvalue weighted by Gasteiger charge is -2.07. The molecule has 0 saturated carbocycles. The Kier molecular flexibility index (Phi) is 1.95. The van der Waals surface area contributed by atoms with E-state index in [2.05, 4.69) is 10.3 Å². The van der Waals surface area contributed by atoms with Crippen LogP contribution in [0.1, 0.15) is 18.2 Å². The summed E-state index contributed by atoms with van der Waals surface area (Å²) in [4.78, 5) is 14.0. The second kappa shape index (κ2) is 2.99. The van der Waals surface area contributed by atoms with Crippen molar-refractivity contribution in [3.05, 3.63) is 16.7 Å². The predicted octanol–water partition coefficient (Wildman–Crippen LogP) is 0.915. The van der Waals surface area contributed by atoms with Gasteiger partial charge in [0.2, 0.25) is 5.91 Å². The van der Waals surface area contributed by atoms with Crippen LogP contribution in [0.2, 0.25) is 0 Å². The quantitative estimate of drug-likeness (QED) is 0.658. The number of nitrogens with one attached hydrogen (secondary N) is 2. The highest BCUT2D eigenvalue weighted by Crippen LogP contribution is 2.16. The molecule has 1 aromatic heterocycles.